The molecule has 80 valence electrons. The number of thiazole rings is 1. The lowest BCUT2D eigenvalue weighted by Gasteiger charge is -2.19. The standard InChI is InChI=1S/C9H10N2O3S/c12-8-2-1-6(9(13)14)11(8)5-7-10-3-4-15-7/h3-4,6H,1-2,5H2,(H,13,14). The number of hydrogen-bond acceptors (Lipinski definition) is 4. The van der Waals surface area contributed by atoms with E-state index in [1.54, 1.807) is 6.20 Å². The van der Waals surface area contributed by atoms with Gasteiger partial charge in [-0.3, -0.25) is 4.79 Å². The molecule has 1 atom stereocenters. The lowest BCUT2D eigenvalue weighted by molar-refractivity contribution is -0.146. The van der Waals surface area contributed by atoms with E-state index in [9.17, 15) is 9.59 Å². The highest BCUT2D eigenvalue weighted by Crippen LogP contribution is 2.22. The first-order valence-electron chi connectivity index (χ1n) is 4.59. The van der Waals surface area contributed by atoms with Crippen LogP contribution in [0.3, 0.4) is 0 Å². The van der Waals surface area contributed by atoms with Crippen molar-refractivity contribution in [3.05, 3.63) is 16.6 Å². The zero-order valence-corrected chi connectivity index (χ0v) is 8.74. The molecule has 0 saturated carbocycles. The molecule has 5 nitrogen and oxygen atoms in total. The quantitative estimate of drug-likeness (QED) is 0.824. The zero-order valence-electron chi connectivity index (χ0n) is 7.92. The normalized spacial score (nSPS) is 20.9. The van der Waals surface area contributed by atoms with Crippen molar-refractivity contribution in [3.8, 4) is 0 Å². The molecule has 0 radical (unpaired) electrons. The van der Waals surface area contributed by atoms with Crippen molar-refractivity contribution in [1.82, 2.24) is 9.88 Å². The summed E-state index contributed by atoms with van der Waals surface area (Å²) in [6, 6.07) is -0.679. The molecular weight excluding hydrogens is 216 g/mol. The number of amides is 1. The van der Waals surface area contributed by atoms with E-state index in [2.05, 4.69) is 4.98 Å². The minimum atomic E-state index is -0.933. The summed E-state index contributed by atoms with van der Waals surface area (Å²) in [7, 11) is 0. The molecule has 0 aliphatic carbocycles. The number of carboxylic acid groups (broad SMARTS) is 1. The maximum absolute atomic E-state index is 11.5. The largest absolute Gasteiger partial charge is 0.480 e. The summed E-state index contributed by atoms with van der Waals surface area (Å²) in [5.74, 6) is -1.03. The Morgan fingerprint density at radius 1 is 1.73 bits per heavy atom. The third-order valence-corrected chi connectivity index (χ3v) is 3.17. The van der Waals surface area contributed by atoms with Crippen molar-refractivity contribution in [1.29, 1.82) is 0 Å². The second kappa shape index (κ2) is 3.98. The second-order valence-corrected chi connectivity index (χ2v) is 4.32. The Labute approximate surface area is 90.4 Å². The van der Waals surface area contributed by atoms with Gasteiger partial charge in [0.05, 0.1) is 6.54 Å². The first kappa shape index (κ1) is 10.1. The monoisotopic (exact) mass is 226 g/mol. The maximum Gasteiger partial charge on any atom is 0.326 e. The zero-order chi connectivity index (χ0) is 10.8. The van der Waals surface area contributed by atoms with Crippen LogP contribution in [0.1, 0.15) is 17.8 Å². The van der Waals surface area contributed by atoms with Crippen LogP contribution < -0.4 is 0 Å². The SMILES string of the molecule is O=C(O)C1CCC(=O)N1Cc1nccs1. The van der Waals surface area contributed by atoms with Gasteiger partial charge in [0.1, 0.15) is 11.0 Å². The van der Waals surface area contributed by atoms with Crippen molar-refractivity contribution >= 4 is 23.2 Å². The number of carbonyl (C=O) groups is 2. The Hall–Kier alpha value is -1.43. The minimum absolute atomic E-state index is 0.0994. The highest BCUT2D eigenvalue weighted by atomic mass is 32.1. The molecule has 1 aromatic rings. The first-order valence-corrected chi connectivity index (χ1v) is 5.47. The van der Waals surface area contributed by atoms with E-state index < -0.39 is 12.0 Å². The van der Waals surface area contributed by atoms with E-state index >= 15 is 0 Å². The summed E-state index contributed by atoms with van der Waals surface area (Å²) in [5, 5.41) is 11.5. The average molecular weight is 226 g/mol. The molecule has 2 heterocycles. The molecule has 1 amide bonds. The van der Waals surface area contributed by atoms with E-state index in [4.69, 9.17) is 5.11 Å². The highest BCUT2D eigenvalue weighted by molar-refractivity contribution is 7.09. The van der Waals surface area contributed by atoms with E-state index in [1.165, 1.54) is 16.2 Å². The molecule has 0 bridgehead atoms. The smallest absolute Gasteiger partial charge is 0.326 e. The molecule has 1 saturated heterocycles. The van der Waals surface area contributed by atoms with Gasteiger partial charge in [0, 0.05) is 18.0 Å². The van der Waals surface area contributed by atoms with Gasteiger partial charge in [-0.05, 0) is 6.42 Å². The molecule has 1 unspecified atom stereocenters. The molecule has 0 aromatic carbocycles. The van der Waals surface area contributed by atoms with Gasteiger partial charge >= 0.3 is 5.97 Å². The number of carboxylic acids is 1. The van der Waals surface area contributed by atoms with Crippen LogP contribution in [0.2, 0.25) is 0 Å². The van der Waals surface area contributed by atoms with Crippen LogP contribution in [0.25, 0.3) is 0 Å². The van der Waals surface area contributed by atoms with Gasteiger partial charge in [0.15, 0.2) is 0 Å². The molecule has 1 N–H and O–H groups in total. The Bertz CT molecular complexity index is 377. The van der Waals surface area contributed by atoms with Gasteiger partial charge in [-0.2, -0.15) is 0 Å². The van der Waals surface area contributed by atoms with E-state index in [0.717, 1.165) is 5.01 Å². The summed E-state index contributed by atoms with van der Waals surface area (Å²) >= 11 is 1.43. The lowest BCUT2D eigenvalue weighted by atomic mass is 10.2. The van der Waals surface area contributed by atoms with E-state index in [1.807, 2.05) is 5.38 Å². The molecule has 2 rings (SSSR count). The van der Waals surface area contributed by atoms with Crippen LogP contribution in [0.15, 0.2) is 11.6 Å². The van der Waals surface area contributed by atoms with Crippen molar-refractivity contribution in [3.63, 3.8) is 0 Å². The van der Waals surface area contributed by atoms with Crippen molar-refractivity contribution in [2.45, 2.75) is 25.4 Å². The highest BCUT2D eigenvalue weighted by Gasteiger charge is 2.36. The maximum atomic E-state index is 11.5. The van der Waals surface area contributed by atoms with Gasteiger partial charge in [-0.15, -0.1) is 11.3 Å². The number of rotatable bonds is 3. The van der Waals surface area contributed by atoms with Crippen LogP contribution in [-0.2, 0) is 16.1 Å². The van der Waals surface area contributed by atoms with Crippen LogP contribution in [-0.4, -0.2) is 32.9 Å². The first-order chi connectivity index (χ1) is 7.18. The van der Waals surface area contributed by atoms with Gasteiger partial charge in [-0.25, -0.2) is 9.78 Å². The predicted molar refractivity (Wildman–Crippen MR) is 53.3 cm³/mol. The van der Waals surface area contributed by atoms with Crippen LogP contribution >= 0.6 is 11.3 Å². The fraction of sp³-hybridized carbons (Fsp3) is 0.444. The number of aliphatic carboxylic acids is 1. The topological polar surface area (TPSA) is 70.5 Å². The fourth-order valence-electron chi connectivity index (χ4n) is 1.67. The summed E-state index contributed by atoms with van der Waals surface area (Å²) in [5.41, 5.74) is 0. The summed E-state index contributed by atoms with van der Waals surface area (Å²) in [6.07, 6.45) is 2.37. The number of carbonyl (C=O) groups excluding carboxylic acids is 1. The molecule has 1 aliphatic rings. The third-order valence-electron chi connectivity index (χ3n) is 2.40. The molecule has 1 fully saturated rings. The average Bonchev–Trinajstić information content (AvgIpc) is 2.78. The fourth-order valence-corrected chi connectivity index (χ4v) is 2.28. The summed E-state index contributed by atoms with van der Waals surface area (Å²) in [6.45, 7) is 0.313. The molecule has 0 spiro atoms. The summed E-state index contributed by atoms with van der Waals surface area (Å²) < 4.78 is 0. The number of aromatic nitrogens is 1. The van der Waals surface area contributed by atoms with Gasteiger partial charge in [0.25, 0.3) is 0 Å². The number of nitrogens with zero attached hydrogens (tertiary/aromatic N) is 2. The molecule has 1 aliphatic heterocycles. The van der Waals surface area contributed by atoms with Crippen LogP contribution in [0, 0.1) is 0 Å². The third kappa shape index (κ3) is 1.99. The molecule has 15 heavy (non-hydrogen) atoms. The molecule has 6 heteroatoms. The molecular formula is C9H10N2O3S. The Morgan fingerprint density at radius 3 is 3.13 bits per heavy atom. The van der Waals surface area contributed by atoms with Gasteiger partial charge < -0.3 is 10.0 Å². The van der Waals surface area contributed by atoms with Crippen molar-refractivity contribution < 1.29 is 14.7 Å². The lowest BCUT2D eigenvalue weighted by Crippen LogP contribution is -2.37. The van der Waals surface area contributed by atoms with Crippen molar-refractivity contribution in [2.24, 2.45) is 0 Å². The van der Waals surface area contributed by atoms with Crippen molar-refractivity contribution in [2.75, 3.05) is 0 Å². The Kier molecular flexibility index (Phi) is 2.68. The second-order valence-electron chi connectivity index (χ2n) is 3.34. The number of hydrogen-bond donors (Lipinski definition) is 1. The Balaban J connectivity index is 2.11. The van der Waals surface area contributed by atoms with Gasteiger partial charge in [-0.1, -0.05) is 0 Å². The minimum Gasteiger partial charge on any atom is -0.480 e. The number of likely N-dealkylation sites (tertiary alicyclic amines) is 1. The van der Waals surface area contributed by atoms with Gasteiger partial charge in [0.2, 0.25) is 5.91 Å². The molecule has 1 aromatic heterocycles. The predicted octanol–water partition coefficient (Wildman–Crippen LogP) is 0.719. The van der Waals surface area contributed by atoms with Crippen LogP contribution in [0.4, 0.5) is 0 Å². The summed E-state index contributed by atoms with van der Waals surface area (Å²) in [4.78, 5) is 27.8. The van der Waals surface area contributed by atoms with E-state index in [-0.39, 0.29) is 5.91 Å². The van der Waals surface area contributed by atoms with Crippen LogP contribution in [0.5, 0.6) is 0 Å². The van der Waals surface area contributed by atoms with E-state index in [0.29, 0.717) is 19.4 Å². The Morgan fingerprint density at radius 2 is 2.53 bits per heavy atom.